The minimum absolute atomic E-state index is 0.00746. The lowest BCUT2D eigenvalue weighted by Crippen LogP contribution is -2.42. The van der Waals surface area contributed by atoms with Crippen molar-refractivity contribution in [3.05, 3.63) is 11.3 Å². The van der Waals surface area contributed by atoms with E-state index in [-0.39, 0.29) is 17.7 Å². The molecule has 0 saturated heterocycles. The predicted octanol–water partition coefficient (Wildman–Crippen LogP) is 2.49. The number of methoxy groups -OCH3 is 1. The van der Waals surface area contributed by atoms with E-state index in [2.05, 4.69) is 5.32 Å². The summed E-state index contributed by atoms with van der Waals surface area (Å²) >= 11 is 0. The Morgan fingerprint density at radius 1 is 1.19 bits per heavy atom. The summed E-state index contributed by atoms with van der Waals surface area (Å²) in [5, 5.41) is 3.06. The molecule has 1 aliphatic heterocycles. The van der Waals surface area contributed by atoms with Gasteiger partial charge < -0.3 is 19.7 Å². The Kier molecular flexibility index (Phi) is 7.16. The van der Waals surface area contributed by atoms with Gasteiger partial charge in [0.15, 0.2) is 0 Å². The van der Waals surface area contributed by atoms with Gasteiger partial charge in [0.1, 0.15) is 5.76 Å². The maximum absolute atomic E-state index is 12.9. The molecule has 1 heterocycles. The van der Waals surface area contributed by atoms with Crippen molar-refractivity contribution in [2.45, 2.75) is 51.9 Å². The fourth-order valence-corrected chi connectivity index (χ4v) is 4.41. The third kappa shape index (κ3) is 5.47. The van der Waals surface area contributed by atoms with Gasteiger partial charge in [0.25, 0.3) is 5.91 Å². The lowest BCUT2D eigenvalue weighted by atomic mass is 9.97. The number of fused-ring (bicyclic) bond motifs is 1. The Morgan fingerprint density at radius 3 is 2.59 bits per heavy atom. The molecular formula is C21H34N2O4. The number of hydrogen-bond donors (Lipinski definition) is 1. The number of nitrogens with zero attached hydrogens (tertiary/aromatic N) is 1. The number of carbonyl (C=O) groups excluding carboxylic acids is 2. The highest BCUT2D eigenvalue weighted by Gasteiger charge is 2.40. The molecule has 2 saturated carbocycles. The normalized spacial score (nSPS) is 27.3. The molecule has 6 heteroatoms. The first-order valence-corrected chi connectivity index (χ1v) is 10.5. The zero-order valence-electron chi connectivity index (χ0n) is 16.8. The number of rotatable bonds is 8. The van der Waals surface area contributed by atoms with Crippen LogP contribution in [0.2, 0.25) is 0 Å². The van der Waals surface area contributed by atoms with E-state index in [9.17, 15) is 9.59 Å². The van der Waals surface area contributed by atoms with Gasteiger partial charge in [0, 0.05) is 32.7 Å². The molecule has 2 amide bonds. The van der Waals surface area contributed by atoms with Crippen molar-refractivity contribution in [3.63, 3.8) is 0 Å². The number of nitrogens with one attached hydrogen (secondary N) is 1. The Bertz CT molecular complexity index is 563. The van der Waals surface area contributed by atoms with Gasteiger partial charge in [-0.25, -0.2) is 0 Å². The van der Waals surface area contributed by atoms with Crippen molar-refractivity contribution in [2.75, 3.05) is 40.0 Å². The second kappa shape index (κ2) is 9.58. The maximum atomic E-state index is 12.9. The van der Waals surface area contributed by atoms with E-state index in [0.29, 0.717) is 32.8 Å². The minimum atomic E-state index is 0.00746. The summed E-state index contributed by atoms with van der Waals surface area (Å²) in [6, 6.07) is 0. The van der Waals surface area contributed by atoms with E-state index in [1.807, 2.05) is 6.92 Å². The number of allylic oxidation sites excluding steroid dienone is 1. The van der Waals surface area contributed by atoms with Gasteiger partial charge in [-0.3, -0.25) is 9.59 Å². The monoisotopic (exact) mass is 378 g/mol. The van der Waals surface area contributed by atoms with E-state index in [1.54, 1.807) is 12.0 Å². The van der Waals surface area contributed by atoms with Gasteiger partial charge in [-0.15, -0.1) is 0 Å². The first kappa shape index (κ1) is 20.2. The molecule has 3 aliphatic rings. The smallest absolute Gasteiger partial charge is 0.253 e. The van der Waals surface area contributed by atoms with Crippen LogP contribution in [-0.2, 0) is 19.1 Å². The van der Waals surface area contributed by atoms with E-state index in [0.717, 1.165) is 48.9 Å². The van der Waals surface area contributed by atoms with Crippen LogP contribution in [0.15, 0.2) is 11.3 Å². The van der Waals surface area contributed by atoms with Gasteiger partial charge in [-0.05, 0) is 63.7 Å². The lowest BCUT2D eigenvalue weighted by molar-refractivity contribution is -0.130. The first-order valence-electron chi connectivity index (χ1n) is 10.5. The van der Waals surface area contributed by atoms with Crippen LogP contribution in [-0.4, -0.2) is 56.7 Å². The van der Waals surface area contributed by atoms with Crippen LogP contribution >= 0.6 is 0 Å². The van der Waals surface area contributed by atoms with E-state index >= 15 is 0 Å². The summed E-state index contributed by atoms with van der Waals surface area (Å²) < 4.78 is 10.7. The van der Waals surface area contributed by atoms with Crippen molar-refractivity contribution in [1.29, 1.82) is 0 Å². The standard InChI is InChI=1S/C21H34N2O4/c1-15-19(4-3-12-27-15)21(25)23(11-13-26-2)10-9-22-20(24)16-5-7-17-14-18(17)8-6-16/h16-18H,3-14H2,1-2H3,(H,22,24)/t16?,17-,18+. The molecule has 0 aromatic heterocycles. The third-order valence-corrected chi connectivity index (χ3v) is 6.32. The van der Waals surface area contributed by atoms with Crippen LogP contribution in [0, 0.1) is 17.8 Å². The summed E-state index contributed by atoms with van der Waals surface area (Å²) in [5.41, 5.74) is 0.756. The van der Waals surface area contributed by atoms with Crippen LogP contribution in [0.3, 0.4) is 0 Å². The van der Waals surface area contributed by atoms with Crippen LogP contribution in [0.4, 0.5) is 0 Å². The van der Waals surface area contributed by atoms with Crippen molar-refractivity contribution in [3.8, 4) is 0 Å². The Morgan fingerprint density at radius 2 is 1.93 bits per heavy atom. The summed E-state index contributed by atoms with van der Waals surface area (Å²) in [6.45, 7) is 4.54. The molecule has 0 aromatic carbocycles. The molecule has 27 heavy (non-hydrogen) atoms. The van der Waals surface area contributed by atoms with Gasteiger partial charge >= 0.3 is 0 Å². The van der Waals surface area contributed by atoms with E-state index in [4.69, 9.17) is 9.47 Å². The van der Waals surface area contributed by atoms with Gasteiger partial charge in [-0.2, -0.15) is 0 Å². The van der Waals surface area contributed by atoms with E-state index in [1.165, 1.54) is 19.3 Å². The highest BCUT2D eigenvalue weighted by molar-refractivity contribution is 5.94. The quantitative estimate of drug-likeness (QED) is 0.705. The van der Waals surface area contributed by atoms with E-state index < -0.39 is 0 Å². The zero-order valence-corrected chi connectivity index (χ0v) is 16.8. The Hall–Kier alpha value is -1.56. The number of amides is 2. The molecular weight excluding hydrogens is 344 g/mol. The molecule has 2 aliphatic carbocycles. The zero-order chi connectivity index (χ0) is 19.2. The van der Waals surface area contributed by atoms with Crippen molar-refractivity contribution in [2.24, 2.45) is 17.8 Å². The highest BCUT2D eigenvalue weighted by Crippen LogP contribution is 2.49. The molecule has 2 fully saturated rings. The molecule has 0 bridgehead atoms. The fraction of sp³-hybridized carbons (Fsp3) is 0.810. The van der Waals surface area contributed by atoms with Crippen LogP contribution < -0.4 is 5.32 Å². The number of carbonyl (C=O) groups is 2. The summed E-state index contributed by atoms with van der Waals surface area (Å²) in [7, 11) is 1.63. The molecule has 3 atom stereocenters. The van der Waals surface area contributed by atoms with Crippen molar-refractivity contribution >= 4 is 11.8 Å². The Balaban J connectivity index is 1.48. The molecule has 0 aromatic rings. The predicted molar refractivity (Wildman–Crippen MR) is 103 cm³/mol. The van der Waals surface area contributed by atoms with Crippen molar-refractivity contribution in [1.82, 2.24) is 10.2 Å². The summed E-state index contributed by atoms with van der Waals surface area (Å²) in [4.78, 5) is 27.2. The molecule has 0 spiro atoms. The third-order valence-electron chi connectivity index (χ3n) is 6.32. The molecule has 1 unspecified atom stereocenters. The summed E-state index contributed by atoms with van der Waals surface area (Å²) in [5.74, 6) is 2.82. The number of hydrogen-bond acceptors (Lipinski definition) is 4. The second-order valence-electron chi connectivity index (χ2n) is 8.17. The average molecular weight is 379 g/mol. The lowest BCUT2D eigenvalue weighted by Gasteiger charge is -2.27. The highest BCUT2D eigenvalue weighted by atomic mass is 16.5. The minimum Gasteiger partial charge on any atom is -0.498 e. The van der Waals surface area contributed by atoms with Crippen LogP contribution in [0.25, 0.3) is 0 Å². The van der Waals surface area contributed by atoms with Crippen LogP contribution in [0.1, 0.15) is 51.9 Å². The molecule has 3 rings (SSSR count). The fourth-order valence-electron chi connectivity index (χ4n) is 4.41. The first-order chi connectivity index (χ1) is 13.1. The molecule has 0 radical (unpaired) electrons. The Labute approximate surface area is 162 Å². The molecule has 152 valence electrons. The van der Waals surface area contributed by atoms with Gasteiger partial charge in [0.05, 0.1) is 18.8 Å². The van der Waals surface area contributed by atoms with Gasteiger partial charge in [-0.1, -0.05) is 0 Å². The molecule has 1 N–H and O–H groups in total. The SMILES string of the molecule is COCCN(CCNC(=O)C1CC[C@@H]2C[C@@H]2CC1)C(=O)C1=C(C)OCCC1. The van der Waals surface area contributed by atoms with Gasteiger partial charge in [0.2, 0.25) is 5.91 Å². The summed E-state index contributed by atoms with van der Waals surface area (Å²) in [6.07, 6.45) is 7.44. The second-order valence-corrected chi connectivity index (χ2v) is 8.17. The molecule has 6 nitrogen and oxygen atoms in total. The number of ether oxygens (including phenoxy) is 2. The maximum Gasteiger partial charge on any atom is 0.253 e. The topological polar surface area (TPSA) is 67.9 Å². The van der Waals surface area contributed by atoms with Crippen LogP contribution in [0.5, 0.6) is 0 Å². The van der Waals surface area contributed by atoms with Crippen molar-refractivity contribution < 1.29 is 19.1 Å². The largest absolute Gasteiger partial charge is 0.498 e. The average Bonchev–Trinajstić information content (AvgIpc) is 3.43.